The van der Waals surface area contributed by atoms with E-state index in [2.05, 4.69) is 27.2 Å². The molecule has 0 bridgehead atoms. The molecule has 0 unspecified atom stereocenters. The number of nitrogens with one attached hydrogen (secondary N) is 1. The normalized spacial score (nSPS) is 16.9. The Hall–Kier alpha value is -1.31. The van der Waals surface area contributed by atoms with Gasteiger partial charge in [0.15, 0.2) is 0 Å². The van der Waals surface area contributed by atoms with Crippen molar-refractivity contribution >= 4 is 0 Å². The zero-order valence-corrected chi connectivity index (χ0v) is 9.95. The summed E-state index contributed by atoms with van der Waals surface area (Å²) in [6.07, 6.45) is 1.97. The third-order valence-corrected chi connectivity index (χ3v) is 2.75. The van der Waals surface area contributed by atoms with Crippen molar-refractivity contribution in [2.24, 2.45) is 7.05 Å². The molecule has 1 saturated heterocycles. The highest BCUT2D eigenvalue weighted by molar-refractivity contribution is 5.35. The van der Waals surface area contributed by atoms with Gasteiger partial charge in [0.25, 0.3) is 0 Å². The summed E-state index contributed by atoms with van der Waals surface area (Å²) < 4.78 is 1.81. The van der Waals surface area contributed by atoms with E-state index in [0.717, 1.165) is 44.0 Å². The van der Waals surface area contributed by atoms with Crippen LogP contribution in [0.3, 0.4) is 0 Å². The third-order valence-electron chi connectivity index (χ3n) is 2.75. The molecule has 0 atom stereocenters. The lowest BCUT2D eigenvalue weighted by Gasteiger charge is -2.24. The predicted octanol–water partition coefficient (Wildman–Crippen LogP) is -0.0148. The Kier molecular flexibility index (Phi) is 3.60. The van der Waals surface area contributed by atoms with Gasteiger partial charge in [-0.3, -0.25) is 9.58 Å². The quantitative estimate of drug-likeness (QED) is 0.673. The second-order valence-electron chi connectivity index (χ2n) is 4.13. The molecule has 0 spiro atoms. The van der Waals surface area contributed by atoms with Gasteiger partial charge in [-0.25, -0.2) is 0 Å². The lowest BCUT2D eigenvalue weighted by atomic mass is 10.2. The fourth-order valence-corrected chi connectivity index (χ4v) is 1.84. The summed E-state index contributed by atoms with van der Waals surface area (Å²) in [5.74, 6) is 6.41. The lowest BCUT2D eigenvalue weighted by Crippen LogP contribution is -2.43. The summed E-state index contributed by atoms with van der Waals surface area (Å²) in [6, 6.07) is 0. The molecule has 2 heterocycles. The lowest BCUT2D eigenvalue weighted by molar-refractivity contribution is 0.268. The third kappa shape index (κ3) is 2.84. The van der Waals surface area contributed by atoms with Crippen LogP contribution in [0.15, 0.2) is 6.20 Å². The summed E-state index contributed by atoms with van der Waals surface area (Å²) in [4.78, 5) is 2.37. The largest absolute Gasteiger partial charge is 0.314 e. The van der Waals surface area contributed by atoms with Gasteiger partial charge >= 0.3 is 0 Å². The van der Waals surface area contributed by atoms with E-state index in [9.17, 15) is 0 Å². The molecule has 0 saturated carbocycles. The molecule has 1 aliphatic heterocycles. The van der Waals surface area contributed by atoms with E-state index in [1.54, 1.807) is 0 Å². The molecule has 0 aliphatic carbocycles. The topological polar surface area (TPSA) is 33.1 Å². The van der Waals surface area contributed by atoms with Crippen molar-refractivity contribution in [3.05, 3.63) is 17.5 Å². The zero-order valence-electron chi connectivity index (χ0n) is 9.95. The molecule has 0 aromatic carbocycles. The molecule has 1 N–H and O–H groups in total. The van der Waals surface area contributed by atoms with E-state index in [1.165, 1.54) is 0 Å². The van der Waals surface area contributed by atoms with Gasteiger partial charge in [-0.05, 0) is 6.92 Å². The molecule has 1 aliphatic rings. The Balaban J connectivity index is 1.91. The van der Waals surface area contributed by atoms with Gasteiger partial charge in [-0.1, -0.05) is 11.8 Å². The van der Waals surface area contributed by atoms with Crippen LogP contribution in [-0.2, 0) is 7.05 Å². The first-order valence-corrected chi connectivity index (χ1v) is 5.68. The Morgan fingerprint density at radius 2 is 2.19 bits per heavy atom. The number of nitrogens with zero attached hydrogens (tertiary/aromatic N) is 3. The number of aromatic nitrogens is 2. The highest BCUT2D eigenvalue weighted by Gasteiger charge is 2.06. The Morgan fingerprint density at radius 1 is 1.44 bits per heavy atom. The minimum absolute atomic E-state index is 0.857. The SMILES string of the molecule is Cc1nn(C)cc1C#CCN1CCNCC1. The molecule has 0 amide bonds. The summed E-state index contributed by atoms with van der Waals surface area (Å²) in [7, 11) is 1.93. The Morgan fingerprint density at radius 3 is 2.81 bits per heavy atom. The average molecular weight is 218 g/mol. The molecule has 4 nitrogen and oxygen atoms in total. The first kappa shape index (κ1) is 11.2. The van der Waals surface area contributed by atoms with E-state index >= 15 is 0 Å². The van der Waals surface area contributed by atoms with Crippen molar-refractivity contribution in [1.29, 1.82) is 0 Å². The molecule has 1 aromatic rings. The first-order chi connectivity index (χ1) is 7.75. The second-order valence-corrected chi connectivity index (χ2v) is 4.13. The average Bonchev–Trinajstić information content (AvgIpc) is 2.59. The minimum Gasteiger partial charge on any atom is -0.314 e. The fraction of sp³-hybridized carbons (Fsp3) is 0.583. The molecule has 0 radical (unpaired) electrons. The molecule has 86 valence electrons. The summed E-state index contributed by atoms with van der Waals surface area (Å²) in [5.41, 5.74) is 2.05. The molecule has 1 fully saturated rings. The molecule has 16 heavy (non-hydrogen) atoms. The number of rotatable bonds is 1. The summed E-state index contributed by atoms with van der Waals surface area (Å²) in [5, 5.41) is 7.60. The van der Waals surface area contributed by atoms with Gasteiger partial charge in [-0.2, -0.15) is 5.10 Å². The van der Waals surface area contributed by atoms with Gasteiger partial charge in [-0.15, -0.1) is 0 Å². The van der Waals surface area contributed by atoms with E-state index in [1.807, 2.05) is 24.9 Å². The predicted molar refractivity (Wildman–Crippen MR) is 64.1 cm³/mol. The molecule has 4 heteroatoms. The van der Waals surface area contributed by atoms with Crippen molar-refractivity contribution < 1.29 is 0 Å². The molecule has 1 aromatic heterocycles. The summed E-state index contributed by atoms with van der Waals surface area (Å²) >= 11 is 0. The van der Waals surface area contributed by atoms with Crippen LogP contribution in [-0.4, -0.2) is 47.4 Å². The van der Waals surface area contributed by atoms with Crippen LogP contribution in [0.25, 0.3) is 0 Å². The maximum atomic E-state index is 4.27. The van der Waals surface area contributed by atoms with Crippen LogP contribution in [0.1, 0.15) is 11.3 Å². The Labute approximate surface area is 96.6 Å². The van der Waals surface area contributed by atoms with Crippen LogP contribution < -0.4 is 5.32 Å². The van der Waals surface area contributed by atoms with Crippen molar-refractivity contribution in [2.45, 2.75) is 6.92 Å². The van der Waals surface area contributed by atoms with E-state index in [0.29, 0.717) is 0 Å². The highest BCUT2D eigenvalue weighted by Crippen LogP contribution is 2.01. The molecular weight excluding hydrogens is 200 g/mol. The van der Waals surface area contributed by atoms with Gasteiger partial charge < -0.3 is 5.32 Å². The van der Waals surface area contributed by atoms with E-state index < -0.39 is 0 Å². The fourth-order valence-electron chi connectivity index (χ4n) is 1.84. The maximum absolute atomic E-state index is 4.27. The summed E-state index contributed by atoms with van der Waals surface area (Å²) in [6.45, 7) is 7.20. The highest BCUT2D eigenvalue weighted by atomic mass is 15.2. The van der Waals surface area contributed by atoms with Crippen LogP contribution in [0, 0.1) is 18.8 Å². The van der Waals surface area contributed by atoms with Crippen LogP contribution in [0.2, 0.25) is 0 Å². The zero-order chi connectivity index (χ0) is 11.4. The first-order valence-electron chi connectivity index (χ1n) is 5.68. The van der Waals surface area contributed by atoms with Gasteiger partial charge in [0, 0.05) is 39.4 Å². The van der Waals surface area contributed by atoms with Gasteiger partial charge in [0.05, 0.1) is 17.8 Å². The number of piperazine rings is 1. The second kappa shape index (κ2) is 5.15. The van der Waals surface area contributed by atoms with Crippen molar-refractivity contribution in [2.75, 3.05) is 32.7 Å². The Bertz CT molecular complexity index is 404. The standard InChI is InChI=1S/C12H18N4/c1-11-12(10-15(2)14-11)4-3-7-16-8-5-13-6-9-16/h10,13H,5-9H2,1-2H3. The molecular formula is C12H18N4. The van der Waals surface area contributed by atoms with Gasteiger partial charge in [0.1, 0.15) is 0 Å². The van der Waals surface area contributed by atoms with Crippen molar-refractivity contribution in [1.82, 2.24) is 20.0 Å². The number of hydrogen-bond acceptors (Lipinski definition) is 3. The van der Waals surface area contributed by atoms with Crippen molar-refractivity contribution in [3.63, 3.8) is 0 Å². The van der Waals surface area contributed by atoms with Crippen LogP contribution in [0.5, 0.6) is 0 Å². The smallest absolute Gasteiger partial charge is 0.0750 e. The van der Waals surface area contributed by atoms with E-state index in [-0.39, 0.29) is 0 Å². The van der Waals surface area contributed by atoms with Crippen LogP contribution in [0.4, 0.5) is 0 Å². The van der Waals surface area contributed by atoms with Crippen LogP contribution >= 0.6 is 0 Å². The van der Waals surface area contributed by atoms with E-state index in [4.69, 9.17) is 0 Å². The number of hydrogen-bond donors (Lipinski definition) is 1. The maximum Gasteiger partial charge on any atom is 0.0750 e. The molecule has 2 rings (SSSR count). The minimum atomic E-state index is 0.857. The monoisotopic (exact) mass is 218 g/mol. The number of aryl methyl sites for hydroxylation is 2. The van der Waals surface area contributed by atoms with Crippen molar-refractivity contribution in [3.8, 4) is 11.8 Å². The van der Waals surface area contributed by atoms with Gasteiger partial charge in [0.2, 0.25) is 0 Å².